The first-order chi connectivity index (χ1) is 15.3. The second-order valence-electron chi connectivity index (χ2n) is 7.45. The molecule has 0 bridgehead atoms. The largest absolute Gasteiger partial charge is 0.465 e. The fraction of sp³-hybridized carbons (Fsp3) is 0.200. The molecule has 9 nitrogen and oxygen atoms in total. The van der Waals surface area contributed by atoms with Gasteiger partial charge < -0.3 is 14.8 Å². The highest BCUT2D eigenvalue weighted by atomic mass is 19.2. The number of hydrogen-bond acceptors (Lipinski definition) is 5. The zero-order valence-corrected chi connectivity index (χ0v) is 16.1. The number of fused-ring (bicyclic) bond motifs is 3. The highest BCUT2D eigenvalue weighted by Crippen LogP contribution is 2.35. The van der Waals surface area contributed by atoms with Crippen LogP contribution in [0, 0.1) is 17.5 Å². The molecule has 1 amide bonds. The van der Waals surface area contributed by atoms with Gasteiger partial charge in [0.25, 0.3) is 0 Å². The van der Waals surface area contributed by atoms with Crippen LogP contribution >= 0.6 is 0 Å². The monoisotopic (exact) mass is 445 g/mol. The summed E-state index contributed by atoms with van der Waals surface area (Å²) < 4.78 is 48.0. The maximum atomic E-state index is 14.5. The van der Waals surface area contributed by atoms with E-state index >= 15 is 0 Å². The topological polar surface area (TPSA) is 126 Å². The number of hydrogen-bond donors (Lipinski definition) is 3. The predicted octanol–water partition coefficient (Wildman–Crippen LogP) is 2.61. The lowest BCUT2D eigenvalue weighted by Gasteiger charge is -2.31. The van der Waals surface area contributed by atoms with Crippen LogP contribution in [0.1, 0.15) is 22.9 Å². The number of benzene rings is 1. The van der Waals surface area contributed by atoms with Gasteiger partial charge in [-0.05, 0) is 23.8 Å². The molecule has 0 saturated heterocycles. The average Bonchev–Trinajstić information content (AvgIpc) is 3.32. The molecular formula is C20H14F3N5O4. The summed E-state index contributed by atoms with van der Waals surface area (Å²) in [5, 5.41) is 15.3. The first kappa shape index (κ1) is 19.8. The quantitative estimate of drug-likeness (QED) is 0.417. The molecule has 1 aliphatic rings. The van der Waals surface area contributed by atoms with E-state index in [-0.39, 0.29) is 24.2 Å². The molecule has 3 aromatic heterocycles. The van der Waals surface area contributed by atoms with Crippen LogP contribution in [0.5, 0.6) is 0 Å². The number of halogens is 3. The Morgan fingerprint density at radius 3 is 2.69 bits per heavy atom. The second kappa shape index (κ2) is 7.25. The third kappa shape index (κ3) is 3.29. The average molecular weight is 445 g/mol. The zero-order chi connectivity index (χ0) is 22.6. The molecule has 1 aliphatic carbocycles. The molecule has 0 radical (unpaired) electrons. The van der Waals surface area contributed by atoms with Gasteiger partial charge in [-0.3, -0.25) is 9.51 Å². The SMILES string of the molecule is O=C(O)N[C@H]1Cc2c(nc3cc(-c4noc(=O)[nH]4)ccn23)C[C@@H]1c1cc(F)c(F)cc1F. The summed E-state index contributed by atoms with van der Waals surface area (Å²) in [4.78, 5) is 29.6. The molecule has 164 valence electrons. The second-order valence-corrected chi connectivity index (χ2v) is 7.45. The van der Waals surface area contributed by atoms with E-state index in [0.717, 1.165) is 6.07 Å². The van der Waals surface area contributed by atoms with Gasteiger partial charge in [0.2, 0.25) is 0 Å². The minimum absolute atomic E-state index is 0.0973. The van der Waals surface area contributed by atoms with E-state index in [1.54, 1.807) is 22.7 Å². The van der Waals surface area contributed by atoms with Crippen LogP contribution in [-0.2, 0) is 12.8 Å². The van der Waals surface area contributed by atoms with Crippen molar-refractivity contribution in [3.63, 3.8) is 0 Å². The van der Waals surface area contributed by atoms with Gasteiger partial charge in [-0.25, -0.2) is 27.7 Å². The number of pyridine rings is 1. The van der Waals surface area contributed by atoms with E-state index in [1.807, 2.05) is 0 Å². The van der Waals surface area contributed by atoms with E-state index in [9.17, 15) is 27.9 Å². The Hall–Kier alpha value is -4.09. The summed E-state index contributed by atoms with van der Waals surface area (Å²) in [5.74, 6) is -4.80. The highest BCUT2D eigenvalue weighted by Gasteiger charge is 2.36. The standard InChI is InChI=1S/C20H14F3N5O4/c21-11-6-13(23)12(22)4-9(11)10-5-15-16(7-14(10)25-19(29)30)28-2-1-8(3-17(28)24-15)18-26-20(31)32-27-18/h1-4,6,10,14,25H,5,7H2,(H,29,30)(H,26,27,31)/t10-,14+/m1/s1. The van der Waals surface area contributed by atoms with Crippen molar-refractivity contribution in [2.24, 2.45) is 0 Å². The van der Waals surface area contributed by atoms with Crippen molar-refractivity contribution in [3.05, 3.63) is 75.4 Å². The van der Waals surface area contributed by atoms with Gasteiger partial charge >= 0.3 is 11.8 Å². The van der Waals surface area contributed by atoms with Crippen molar-refractivity contribution in [1.82, 2.24) is 24.8 Å². The van der Waals surface area contributed by atoms with Crippen LogP contribution in [0.4, 0.5) is 18.0 Å². The Labute approximate surface area is 176 Å². The van der Waals surface area contributed by atoms with Crippen LogP contribution in [0.2, 0.25) is 0 Å². The number of rotatable bonds is 3. The third-order valence-corrected chi connectivity index (χ3v) is 5.58. The molecule has 32 heavy (non-hydrogen) atoms. The number of aromatic nitrogens is 4. The molecule has 4 aromatic rings. The first-order valence-corrected chi connectivity index (χ1v) is 9.50. The molecular weight excluding hydrogens is 431 g/mol. The van der Waals surface area contributed by atoms with Gasteiger partial charge in [0.05, 0.1) is 5.69 Å². The Kier molecular flexibility index (Phi) is 4.50. The molecule has 5 rings (SSSR count). The van der Waals surface area contributed by atoms with Crippen molar-refractivity contribution >= 4 is 11.7 Å². The highest BCUT2D eigenvalue weighted by molar-refractivity contribution is 5.66. The van der Waals surface area contributed by atoms with Crippen molar-refractivity contribution < 1.29 is 27.6 Å². The van der Waals surface area contributed by atoms with E-state index < -0.39 is 41.3 Å². The minimum Gasteiger partial charge on any atom is -0.465 e. The lowest BCUT2D eigenvalue weighted by Crippen LogP contribution is -2.43. The summed E-state index contributed by atoms with van der Waals surface area (Å²) in [6, 6.07) is 3.73. The molecule has 2 atom stereocenters. The predicted molar refractivity (Wildman–Crippen MR) is 103 cm³/mol. The van der Waals surface area contributed by atoms with Crippen LogP contribution in [0.25, 0.3) is 17.0 Å². The maximum absolute atomic E-state index is 14.5. The number of amides is 1. The van der Waals surface area contributed by atoms with Crippen LogP contribution in [-0.4, -0.2) is 36.8 Å². The third-order valence-electron chi connectivity index (χ3n) is 5.58. The summed E-state index contributed by atoms with van der Waals surface area (Å²) in [7, 11) is 0. The first-order valence-electron chi connectivity index (χ1n) is 9.50. The Morgan fingerprint density at radius 2 is 1.97 bits per heavy atom. The fourth-order valence-electron chi connectivity index (χ4n) is 4.19. The number of carbonyl (C=O) groups is 1. The molecule has 3 heterocycles. The van der Waals surface area contributed by atoms with Gasteiger partial charge in [0.1, 0.15) is 11.5 Å². The number of carboxylic acid groups (broad SMARTS) is 1. The summed E-state index contributed by atoms with van der Waals surface area (Å²) in [6.07, 6.45) is 0.601. The number of imidazole rings is 1. The Bertz CT molecular complexity index is 1430. The van der Waals surface area contributed by atoms with E-state index in [2.05, 4.69) is 25.0 Å². The van der Waals surface area contributed by atoms with Crippen molar-refractivity contribution in [2.45, 2.75) is 24.8 Å². The normalized spacial score (nSPS) is 18.0. The molecule has 0 unspecified atom stereocenters. The lowest BCUT2D eigenvalue weighted by atomic mass is 9.80. The van der Waals surface area contributed by atoms with Crippen molar-refractivity contribution in [2.75, 3.05) is 0 Å². The number of H-pyrrole nitrogens is 1. The minimum atomic E-state index is -1.32. The number of aromatic amines is 1. The van der Waals surface area contributed by atoms with E-state index in [1.165, 1.54) is 0 Å². The number of nitrogens with zero attached hydrogens (tertiary/aromatic N) is 3. The Balaban J connectivity index is 1.59. The summed E-state index contributed by atoms with van der Waals surface area (Å²) in [5.41, 5.74) is 2.14. The van der Waals surface area contributed by atoms with Crippen molar-refractivity contribution in [3.8, 4) is 11.4 Å². The molecule has 3 N–H and O–H groups in total. The van der Waals surface area contributed by atoms with Crippen LogP contribution in [0.3, 0.4) is 0 Å². The summed E-state index contributed by atoms with van der Waals surface area (Å²) >= 11 is 0. The van der Waals surface area contributed by atoms with Crippen LogP contribution in [0.15, 0.2) is 39.8 Å². The van der Waals surface area contributed by atoms with Gasteiger partial charge in [0.15, 0.2) is 17.5 Å². The van der Waals surface area contributed by atoms with Gasteiger partial charge in [-0.2, -0.15) is 0 Å². The smallest absolute Gasteiger partial charge is 0.439 e. The lowest BCUT2D eigenvalue weighted by molar-refractivity contribution is 0.186. The van der Waals surface area contributed by atoms with E-state index in [0.29, 0.717) is 28.7 Å². The maximum Gasteiger partial charge on any atom is 0.439 e. The molecule has 1 aromatic carbocycles. The summed E-state index contributed by atoms with van der Waals surface area (Å²) in [6.45, 7) is 0. The number of nitrogens with one attached hydrogen (secondary N) is 2. The van der Waals surface area contributed by atoms with Gasteiger partial charge in [-0.15, -0.1) is 0 Å². The molecule has 0 aliphatic heterocycles. The fourth-order valence-corrected chi connectivity index (χ4v) is 4.19. The van der Waals surface area contributed by atoms with E-state index in [4.69, 9.17) is 0 Å². The molecule has 12 heteroatoms. The molecule has 0 saturated carbocycles. The Morgan fingerprint density at radius 1 is 1.19 bits per heavy atom. The zero-order valence-electron chi connectivity index (χ0n) is 16.1. The van der Waals surface area contributed by atoms with Crippen LogP contribution < -0.4 is 11.1 Å². The van der Waals surface area contributed by atoms with Gasteiger partial charge in [0, 0.05) is 48.3 Å². The van der Waals surface area contributed by atoms with Crippen molar-refractivity contribution in [1.29, 1.82) is 0 Å². The molecule has 0 fully saturated rings. The van der Waals surface area contributed by atoms with Gasteiger partial charge in [-0.1, -0.05) is 5.16 Å². The molecule has 0 spiro atoms.